The van der Waals surface area contributed by atoms with E-state index < -0.39 is 0 Å². The van der Waals surface area contributed by atoms with Gasteiger partial charge in [0.25, 0.3) is 0 Å². The number of hydrogen-bond donors (Lipinski definition) is 1. The first-order valence-corrected chi connectivity index (χ1v) is 10.0. The molecule has 5 rings (SSSR count). The fourth-order valence-electron chi connectivity index (χ4n) is 3.85. The molecular formula is C22H20FN7O. The number of carbonyl (C=O) groups excluding carboxylic acids is 1. The maximum Gasteiger partial charge on any atom is 0.230 e. The molecule has 156 valence electrons. The third-order valence-electron chi connectivity index (χ3n) is 5.56. The maximum atomic E-state index is 14.2. The Bertz CT molecular complexity index is 1300. The molecule has 3 aromatic heterocycles. The lowest BCUT2D eigenvalue weighted by atomic mass is 10.1. The molecule has 0 bridgehead atoms. The summed E-state index contributed by atoms with van der Waals surface area (Å²) in [6, 6.07) is 10.2. The summed E-state index contributed by atoms with van der Waals surface area (Å²) in [4.78, 5) is 27.3. The minimum Gasteiger partial charge on any atom is -0.382 e. The van der Waals surface area contributed by atoms with E-state index in [1.54, 1.807) is 46.2 Å². The van der Waals surface area contributed by atoms with Crippen LogP contribution < -0.4 is 10.6 Å². The molecule has 1 aromatic carbocycles. The zero-order valence-corrected chi connectivity index (χ0v) is 16.9. The Morgan fingerprint density at radius 2 is 2.03 bits per heavy atom. The summed E-state index contributed by atoms with van der Waals surface area (Å²) in [7, 11) is 0. The van der Waals surface area contributed by atoms with Crippen LogP contribution in [0.4, 0.5) is 15.9 Å². The molecule has 1 aliphatic rings. The Hall–Kier alpha value is -3.88. The highest BCUT2D eigenvalue weighted by molar-refractivity contribution is 5.99. The van der Waals surface area contributed by atoms with Crippen LogP contribution in [0.2, 0.25) is 0 Å². The minimum absolute atomic E-state index is 0.0202. The zero-order chi connectivity index (χ0) is 21.5. The van der Waals surface area contributed by atoms with E-state index >= 15 is 0 Å². The average molecular weight is 417 g/mol. The molecule has 31 heavy (non-hydrogen) atoms. The summed E-state index contributed by atoms with van der Waals surface area (Å²) in [6.07, 6.45) is 3.99. The number of pyridine rings is 1. The zero-order valence-electron chi connectivity index (χ0n) is 16.9. The fourth-order valence-corrected chi connectivity index (χ4v) is 3.85. The standard InChI is InChI=1S/C22H20FN7O/c1-13-8-10-29(22(13)31)17-11-26-20(27-19(17)24)18-15-6-4-9-25-21(15)30(28-18)12-14-5-2-3-7-16(14)23/h2-7,9,11,13H,8,10,12H2,1H3,(H2,24,26,27). The number of rotatable bonds is 4. The number of anilines is 2. The summed E-state index contributed by atoms with van der Waals surface area (Å²) in [5, 5.41) is 5.35. The Kier molecular flexibility index (Phi) is 4.58. The Morgan fingerprint density at radius 3 is 2.77 bits per heavy atom. The molecule has 4 heterocycles. The van der Waals surface area contributed by atoms with Crippen LogP contribution in [0.1, 0.15) is 18.9 Å². The lowest BCUT2D eigenvalue weighted by molar-refractivity contribution is -0.119. The Labute approximate surface area is 177 Å². The van der Waals surface area contributed by atoms with Gasteiger partial charge in [-0.15, -0.1) is 0 Å². The van der Waals surface area contributed by atoms with Crippen molar-refractivity contribution >= 4 is 28.4 Å². The van der Waals surface area contributed by atoms with E-state index in [9.17, 15) is 9.18 Å². The second kappa shape index (κ2) is 7.42. The van der Waals surface area contributed by atoms with E-state index in [0.717, 1.165) is 11.8 Å². The molecule has 0 radical (unpaired) electrons. The minimum atomic E-state index is -0.307. The molecule has 1 fully saturated rings. The van der Waals surface area contributed by atoms with Crippen molar-refractivity contribution in [1.29, 1.82) is 0 Å². The number of fused-ring (bicyclic) bond motifs is 1. The molecule has 4 aromatic rings. The Morgan fingerprint density at radius 1 is 1.19 bits per heavy atom. The van der Waals surface area contributed by atoms with Crippen molar-refractivity contribution in [3.8, 4) is 11.5 Å². The third kappa shape index (κ3) is 3.27. The molecule has 0 spiro atoms. The summed E-state index contributed by atoms with van der Waals surface area (Å²) in [6.45, 7) is 2.71. The first kappa shape index (κ1) is 19.1. The van der Waals surface area contributed by atoms with Gasteiger partial charge in [-0.25, -0.2) is 24.0 Å². The van der Waals surface area contributed by atoms with E-state index in [2.05, 4.69) is 20.1 Å². The number of nitrogen functional groups attached to an aromatic ring is 1. The molecule has 1 aliphatic heterocycles. The van der Waals surface area contributed by atoms with E-state index in [1.165, 1.54) is 6.07 Å². The number of benzene rings is 1. The van der Waals surface area contributed by atoms with E-state index in [1.807, 2.05) is 13.0 Å². The fraction of sp³-hybridized carbons (Fsp3) is 0.227. The van der Waals surface area contributed by atoms with Crippen molar-refractivity contribution in [3.63, 3.8) is 0 Å². The molecule has 1 atom stereocenters. The smallest absolute Gasteiger partial charge is 0.230 e. The van der Waals surface area contributed by atoms with Crippen LogP contribution in [-0.2, 0) is 11.3 Å². The van der Waals surface area contributed by atoms with E-state index in [-0.39, 0.29) is 30.0 Å². The summed E-state index contributed by atoms with van der Waals surface area (Å²) >= 11 is 0. The molecule has 9 heteroatoms. The van der Waals surface area contributed by atoms with Crippen LogP contribution in [0.15, 0.2) is 48.8 Å². The van der Waals surface area contributed by atoms with Gasteiger partial charge in [0.05, 0.1) is 18.1 Å². The molecule has 1 amide bonds. The molecule has 1 saturated heterocycles. The second-order valence-corrected chi connectivity index (χ2v) is 7.62. The summed E-state index contributed by atoms with van der Waals surface area (Å²) in [5.41, 5.74) is 8.29. The van der Waals surface area contributed by atoms with Gasteiger partial charge in [-0.3, -0.25) is 4.79 Å². The van der Waals surface area contributed by atoms with Gasteiger partial charge >= 0.3 is 0 Å². The lowest BCUT2D eigenvalue weighted by Crippen LogP contribution is -2.27. The molecule has 0 aliphatic carbocycles. The lowest BCUT2D eigenvalue weighted by Gasteiger charge is -2.17. The van der Waals surface area contributed by atoms with Crippen LogP contribution in [0.5, 0.6) is 0 Å². The number of halogens is 1. The molecule has 1 unspecified atom stereocenters. The molecule has 0 saturated carbocycles. The van der Waals surface area contributed by atoms with Gasteiger partial charge in [0.1, 0.15) is 17.2 Å². The summed E-state index contributed by atoms with van der Waals surface area (Å²) in [5.74, 6) is 0.215. The number of nitrogens with zero attached hydrogens (tertiary/aromatic N) is 6. The molecule has 8 nitrogen and oxygen atoms in total. The normalized spacial score (nSPS) is 16.4. The second-order valence-electron chi connectivity index (χ2n) is 7.62. The van der Waals surface area contributed by atoms with E-state index in [4.69, 9.17) is 5.73 Å². The van der Waals surface area contributed by atoms with Crippen LogP contribution in [0.25, 0.3) is 22.6 Å². The van der Waals surface area contributed by atoms with Crippen molar-refractivity contribution in [3.05, 3.63) is 60.2 Å². The monoisotopic (exact) mass is 417 g/mol. The van der Waals surface area contributed by atoms with Gasteiger partial charge in [0.2, 0.25) is 5.91 Å². The number of amides is 1. The quantitative estimate of drug-likeness (QED) is 0.548. The topological polar surface area (TPSA) is 103 Å². The van der Waals surface area contributed by atoms with Crippen molar-refractivity contribution in [2.45, 2.75) is 19.9 Å². The SMILES string of the molecule is CC1CCN(c2cnc(-c3nn(Cc4ccccc4F)c4ncccc34)nc2N)C1=O. The molecular weight excluding hydrogens is 397 g/mol. The summed E-state index contributed by atoms with van der Waals surface area (Å²) < 4.78 is 15.8. The van der Waals surface area contributed by atoms with Crippen LogP contribution >= 0.6 is 0 Å². The largest absolute Gasteiger partial charge is 0.382 e. The highest BCUT2D eigenvalue weighted by atomic mass is 19.1. The first-order valence-electron chi connectivity index (χ1n) is 10.0. The first-order chi connectivity index (χ1) is 15.0. The number of hydrogen-bond acceptors (Lipinski definition) is 6. The van der Waals surface area contributed by atoms with Gasteiger partial charge in [0, 0.05) is 24.2 Å². The van der Waals surface area contributed by atoms with Crippen molar-refractivity contribution in [1.82, 2.24) is 24.7 Å². The van der Waals surface area contributed by atoms with Crippen LogP contribution in [0, 0.1) is 11.7 Å². The Balaban J connectivity index is 1.56. The van der Waals surface area contributed by atoms with Gasteiger partial charge in [-0.1, -0.05) is 25.1 Å². The molecule has 2 N–H and O–H groups in total. The van der Waals surface area contributed by atoms with Gasteiger partial charge in [-0.05, 0) is 24.6 Å². The van der Waals surface area contributed by atoms with Crippen LogP contribution in [-0.4, -0.2) is 37.2 Å². The van der Waals surface area contributed by atoms with Gasteiger partial charge in [-0.2, -0.15) is 5.10 Å². The number of aromatic nitrogens is 5. The van der Waals surface area contributed by atoms with Crippen molar-refractivity contribution in [2.24, 2.45) is 5.92 Å². The maximum absolute atomic E-state index is 14.2. The highest BCUT2D eigenvalue weighted by Crippen LogP contribution is 2.31. The average Bonchev–Trinajstić information content (AvgIpc) is 3.30. The number of nitrogens with two attached hydrogens (primary N) is 1. The highest BCUT2D eigenvalue weighted by Gasteiger charge is 2.31. The number of carbonyl (C=O) groups is 1. The van der Waals surface area contributed by atoms with Gasteiger partial charge in [0.15, 0.2) is 17.3 Å². The van der Waals surface area contributed by atoms with Crippen LogP contribution in [0.3, 0.4) is 0 Å². The predicted molar refractivity (Wildman–Crippen MR) is 115 cm³/mol. The van der Waals surface area contributed by atoms with Crippen molar-refractivity contribution in [2.75, 3.05) is 17.2 Å². The van der Waals surface area contributed by atoms with Crippen molar-refractivity contribution < 1.29 is 9.18 Å². The third-order valence-corrected chi connectivity index (χ3v) is 5.56. The predicted octanol–water partition coefficient (Wildman–Crippen LogP) is 3.03. The van der Waals surface area contributed by atoms with E-state index in [0.29, 0.717) is 35.0 Å². The van der Waals surface area contributed by atoms with Gasteiger partial charge < -0.3 is 10.6 Å².